The predicted molar refractivity (Wildman–Crippen MR) is 91.4 cm³/mol. The van der Waals surface area contributed by atoms with Crippen molar-refractivity contribution in [2.75, 3.05) is 11.9 Å². The molecule has 23 heavy (non-hydrogen) atoms. The largest absolute Gasteiger partial charge is 0.483 e. The number of ether oxygens (including phenoxy) is 1. The molecule has 2 aromatic rings. The topological polar surface area (TPSA) is 67.3 Å². The summed E-state index contributed by atoms with van der Waals surface area (Å²) in [6.07, 6.45) is 7.12. The van der Waals surface area contributed by atoms with Crippen molar-refractivity contribution in [1.82, 2.24) is 9.97 Å². The molecule has 0 saturated carbocycles. The summed E-state index contributed by atoms with van der Waals surface area (Å²) in [6, 6.07) is 10.2. The molecule has 0 aliphatic heterocycles. The molecule has 124 valence electrons. The molecule has 5 heteroatoms. The third kappa shape index (κ3) is 5.87. The van der Waals surface area contributed by atoms with E-state index in [1.54, 1.807) is 6.20 Å². The molecular weight excluding hydrogens is 290 g/mol. The molecule has 0 radical (unpaired) electrons. The van der Waals surface area contributed by atoms with Crippen LogP contribution >= 0.6 is 0 Å². The minimum absolute atomic E-state index is 0.159. The molecule has 1 atom stereocenters. The highest BCUT2D eigenvalue weighted by atomic mass is 16.5. The van der Waals surface area contributed by atoms with E-state index in [1.807, 2.05) is 30.3 Å². The monoisotopic (exact) mass is 315 g/mol. The summed E-state index contributed by atoms with van der Waals surface area (Å²) >= 11 is 0. The molecule has 0 spiro atoms. The van der Waals surface area contributed by atoms with Crippen LogP contribution in [0, 0.1) is 0 Å². The summed E-state index contributed by atoms with van der Waals surface area (Å²) in [5, 5.41) is 12.6. The van der Waals surface area contributed by atoms with Gasteiger partial charge in [-0.05, 0) is 18.4 Å². The van der Waals surface area contributed by atoms with Crippen LogP contribution < -0.4 is 10.1 Å². The maximum Gasteiger partial charge on any atom is 0.180 e. The van der Waals surface area contributed by atoms with Crippen LogP contribution in [0.4, 0.5) is 5.82 Å². The predicted octanol–water partition coefficient (Wildman–Crippen LogP) is 3.41. The number of unbranched alkanes of at least 4 members (excludes halogenated alkanes) is 1. The Morgan fingerprint density at radius 2 is 2.04 bits per heavy atom. The van der Waals surface area contributed by atoms with Crippen LogP contribution in [0.15, 0.2) is 42.9 Å². The molecule has 1 aromatic carbocycles. The van der Waals surface area contributed by atoms with E-state index in [-0.39, 0.29) is 12.6 Å². The van der Waals surface area contributed by atoms with Crippen molar-refractivity contribution in [2.45, 2.75) is 45.3 Å². The summed E-state index contributed by atoms with van der Waals surface area (Å²) in [4.78, 5) is 8.34. The maximum atomic E-state index is 9.23. The highest BCUT2D eigenvalue weighted by Gasteiger charge is 2.12. The number of hydrogen-bond donors (Lipinski definition) is 2. The lowest BCUT2D eigenvalue weighted by Crippen LogP contribution is -2.22. The van der Waals surface area contributed by atoms with E-state index in [0.717, 1.165) is 24.8 Å². The van der Waals surface area contributed by atoms with E-state index in [0.29, 0.717) is 24.6 Å². The van der Waals surface area contributed by atoms with Gasteiger partial charge in [-0.15, -0.1) is 0 Å². The normalized spacial score (nSPS) is 11.9. The Bertz CT molecular complexity index is 563. The molecule has 0 aliphatic carbocycles. The van der Waals surface area contributed by atoms with Crippen LogP contribution in [0.25, 0.3) is 0 Å². The van der Waals surface area contributed by atoms with E-state index in [9.17, 15) is 5.11 Å². The molecule has 1 unspecified atom stereocenters. The van der Waals surface area contributed by atoms with E-state index >= 15 is 0 Å². The Labute approximate surface area is 137 Å². The summed E-state index contributed by atoms with van der Waals surface area (Å²) in [7, 11) is 0. The van der Waals surface area contributed by atoms with E-state index < -0.39 is 0 Å². The smallest absolute Gasteiger partial charge is 0.180 e. The Morgan fingerprint density at radius 3 is 2.78 bits per heavy atom. The lowest BCUT2D eigenvalue weighted by molar-refractivity contribution is 0.275. The fraction of sp³-hybridized carbons (Fsp3) is 0.444. The van der Waals surface area contributed by atoms with Crippen LogP contribution in [-0.4, -0.2) is 27.7 Å². The molecule has 1 aromatic heterocycles. The standard InChI is InChI=1S/C18H25N3O2/c1-2-3-9-16(10-11-22)21-18-17(12-19-14-20-18)23-13-15-7-5-4-6-8-15/h4-8,12,14,16,22H,2-3,9-11,13H2,1H3,(H,19,20,21). The van der Waals surface area contributed by atoms with Gasteiger partial charge in [0, 0.05) is 12.6 Å². The quantitative estimate of drug-likeness (QED) is 0.703. The van der Waals surface area contributed by atoms with Crippen molar-refractivity contribution < 1.29 is 9.84 Å². The Hall–Kier alpha value is -2.14. The van der Waals surface area contributed by atoms with Gasteiger partial charge in [0.05, 0.1) is 6.20 Å². The molecule has 5 nitrogen and oxygen atoms in total. The molecule has 0 bridgehead atoms. The van der Waals surface area contributed by atoms with Crippen molar-refractivity contribution in [3.8, 4) is 5.75 Å². The van der Waals surface area contributed by atoms with Gasteiger partial charge in [-0.3, -0.25) is 0 Å². The van der Waals surface area contributed by atoms with Gasteiger partial charge in [-0.1, -0.05) is 50.1 Å². The van der Waals surface area contributed by atoms with E-state index in [4.69, 9.17) is 4.74 Å². The fourth-order valence-corrected chi connectivity index (χ4v) is 2.35. The number of aliphatic hydroxyl groups excluding tert-OH is 1. The second-order valence-corrected chi connectivity index (χ2v) is 5.51. The van der Waals surface area contributed by atoms with E-state index in [1.165, 1.54) is 6.33 Å². The first kappa shape index (κ1) is 17.2. The summed E-state index contributed by atoms with van der Waals surface area (Å²) in [6.45, 7) is 2.80. The average molecular weight is 315 g/mol. The Kier molecular flexibility index (Phi) is 7.33. The zero-order valence-electron chi connectivity index (χ0n) is 13.6. The highest BCUT2D eigenvalue weighted by Crippen LogP contribution is 2.23. The number of anilines is 1. The lowest BCUT2D eigenvalue weighted by Gasteiger charge is -2.19. The number of nitrogens with one attached hydrogen (secondary N) is 1. The van der Waals surface area contributed by atoms with Gasteiger partial charge in [0.1, 0.15) is 12.9 Å². The van der Waals surface area contributed by atoms with Gasteiger partial charge in [-0.2, -0.15) is 0 Å². The minimum atomic E-state index is 0.159. The van der Waals surface area contributed by atoms with Crippen LogP contribution in [0.5, 0.6) is 5.75 Å². The number of aromatic nitrogens is 2. The van der Waals surface area contributed by atoms with Crippen LogP contribution in [0.1, 0.15) is 38.2 Å². The third-order valence-electron chi connectivity index (χ3n) is 3.64. The minimum Gasteiger partial charge on any atom is -0.483 e. The molecular formula is C18H25N3O2. The van der Waals surface area contributed by atoms with Gasteiger partial charge in [0.2, 0.25) is 0 Å². The van der Waals surface area contributed by atoms with Gasteiger partial charge < -0.3 is 15.2 Å². The first-order chi connectivity index (χ1) is 11.3. The molecule has 0 saturated heterocycles. The molecule has 1 heterocycles. The Balaban J connectivity index is 2.00. The zero-order valence-corrected chi connectivity index (χ0v) is 13.6. The summed E-state index contributed by atoms with van der Waals surface area (Å²) in [5.41, 5.74) is 1.10. The van der Waals surface area contributed by atoms with Crippen molar-refractivity contribution in [3.63, 3.8) is 0 Å². The van der Waals surface area contributed by atoms with Gasteiger partial charge in [0.15, 0.2) is 11.6 Å². The molecule has 2 rings (SSSR count). The number of aliphatic hydroxyl groups is 1. The van der Waals surface area contributed by atoms with E-state index in [2.05, 4.69) is 22.2 Å². The van der Waals surface area contributed by atoms with Crippen LogP contribution in [0.2, 0.25) is 0 Å². The number of benzene rings is 1. The SMILES string of the molecule is CCCCC(CCO)Nc1ncncc1OCc1ccccc1. The van der Waals surface area contributed by atoms with Crippen molar-refractivity contribution in [2.24, 2.45) is 0 Å². The third-order valence-corrected chi connectivity index (χ3v) is 3.64. The van der Waals surface area contributed by atoms with Crippen molar-refractivity contribution in [3.05, 3.63) is 48.4 Å². The average Bonchev–Trinajstić information content (AvgIpc) is 2.60. The Morgan fingerprint density at radius 1 is 1.22 bits per heavy atom. The number of rotatable bonds is 10. The molecule has 2 N–H and O–H groups in total. The van der Waals surface area contributed by atoms with Crippen molar-refractivity contribution in [1.29, 1.82) is 0 Å². The molecule has 0 fully saturated rings. The van der Waals surface area contributed by atoms with Gasteiger partial charge in [0.25, 0.3) is 0 Å². The highest BCUT2D eigenvalue weighted by molar-refractivity contribution is 5.48. The fourth-order valence-electron chi connectivity index (χ4n) is 2.35. The van der Waals surface area contributed by atoms with Gasteiger partial charge in [-0.25, -0.2) is 9.97 Å². The first-order valence-electron chi connectivity index (χ1n) is 8.17. The molecule has 0 amide bonds. The second kappa shape index (κ2) is 9.79. The van der Waals surface area contributed by atoms with Gasteiger partial charge >= 0.3 is 0 Å². The number of hydrogen-bond acceptors (Lipinski definition) is 5. The first-order valence-corrected chi connectivity index (χ1v) is 8.17. The second-order valence-electron chi connectivity index (χ2n) is 5.51. The number of nitrogens with zero attached hydrogens (tertiary/aromatic N) is 2. The van der Waals surface area contributed by atoms with Crippen molar-refractivity contribution >= 4 is 5.82 Å². The lowest BCUT2D eigenvalue weighted by atomic mass is 10.1. The summed E-state index contributed by atoms with van der Waals surface area (Å²) < 4.78 is 5.86. The zero-order chi connectivity index (χ0) is 16.3. The van der Waals surface area contributed by atoms with Crippen LogP contribution in [-0.2, 0) is 6.61 Å². The summed E-state index contributed by atoms with van der Waals surface area (Å²) in [5.74, 6) is 1.32. The molecule has 0 aliphatic rings. The van der Waals surface area contributed by atoms with Crippen LogP contribution in [0.3, 0.4) is 0 Å². The maximum absolute atomic E-state index is 9.23.